The van der Waals surface area contributed by atoms with Gasteiger partial charge in [-0.05, 0) is 31.4 Å². The van der Waals surface area contributed by atoms with Gasteiger partial charge >= 0.3 is 5.97 Å². The van der Waals surface area contributed by atoms with Gasteiger partial charge in [-0.15, -0.1) is 0 Å². The van der Waals surface area contributed by atoms with Crippen LogP contribution in [0.15, 0.2) is 18.3 Å². The number of aryl methyl sites for hydroxylation is 1. The van der Waals surface area contributed by atoms with Gasteiger partial charge in [0.05, 0.1) is 0 Å². The van der Waals surface area contributed by atoms with Gasteiger partial charge in [-0.25, -0.2) is 0 Å². The Labute approximate surface area is 94.3 Å². The molecular weight excluding hydrogens is 206 g/mol. The maximum absolute atomic E-state index is 11.1. The predicted molar refractivity (Wildman–Crippen MR) is 59.1 cm³/mol. The lowest BCUT2D eigenvalue weighted by molar-refractivity contribution is -0.151. The topological polar surface area (TPSA) is 67.3 Å². The first-order chi connectivity index (χ1) is 7.54. The molecule has 0 aliphatic carbocycles. The Morgan fingerprint density at radius 1 is 1.56 bits per heavy atom. The molecule has 0 saturated carbocycles. The lowest BCUT2D eigenvalue weighted by atomic mass is 9.81. The van der Waals surface area contributed by atoms with E-state index < -0.39 is 11.4 Å². The second-order valence-corrected chi connectivity index (χ2v) is 3.92. The minimum Gasteiger partial charge on any atom is -0.480 e. The van der Waals surface area contributed by atoms with Crippen LogP contribution in [0.1, 0.15) is 24.6 Å². The van der Waals surface area contributed by atoms with Crippen LogP contribution >= 0.6 is 0 Å². The fraction of sp³-hybridized carbons (Fsp3) is 0.417. The number of carbonyl (C=O) groups is 2. The summed E-state index contributed by atoms with van der Waals surface area (Å²) in [5.74, 6) is -1.08. The van der Waals surface area contributed by atoms with Crippen LogP contribution < -0.4 is 0 Å². The van der Waals surface area contributed by atoms with Crippen LogP contribution in [0.4, 0.5) is 0 Å². The highest BCUT2D eigenvalue weighted by atomic mass is 16.4. The number of aldehydes is 1. The van der Waals surface area contributed by atoms with Gasteiger partial charge in [0.25, 0.3) is 0 Å². The first-order valence-electron chi connectivity index (χ1n) is 5.15. The molecular formula is C12H15NO3. The molecule has 1 atom stereocenters. The zero-order valence-corrected chi connectivity index (χ0v) is 9.43. The summed E-state index contributed by atoms with van der Waals surface area (Å²) in [7, 11) is 0. The largest absolute Gasteiger partial charge is 0.480 e. The Morgan fingerprint density at radius 3 is 2.62 bits per heavy atom. The van der Waals surface area contributed by atoms with Crippen molar-refractivity contribution >= 4 is 12.3 Å². The number of hydrogen-bond donors (Lipinski definition) is 1. The first kappa shape index (κ1) is 12.4. The summed E-state index contributed by atoms with van der Waals surface area (Å²) >= 11 is 0. The average molecular weight is 221 g/mol. The second kappa shape index (κ2) is 4.88. The Balaban J connectivity index is 2.96. The van der Waals surface area contributed by atoms with Gasteiger partial charge in [0.15, 0.2) is 0 Å². The Hall–Kier alpha value is -1.71. The monoisotopic (exact) mass is 221 g/mol. The zero-order valence-electron chi connectivity index (χ0n) is 9.43. The highest BCUT2D eigenvalue weighted by molar-refractivity contribution is 5.92. The fourth-order valence-corrected chi connectivity index (χ4v) is 1.49. The SMILES string of the molecule is CCC(C=O)(Cc1ccc(C)nc1)C(=O)O. The number of pyridine rings is 1. The third kappa shape index (κ3) is 2.45. The molecule has 16 heavy (non-hydrogen) atoms. The molecule has 0 amide bonds. The van der Waals surface area contributed by atoms with Crippen molar-refractivity contribution in [3.63, 3.8) is 0 Å². The van der Waals surface area contributed by atoms with E-state index in [0.717, 1.165) is 11.3 Å². The van der Waals surface area contributed by atoms with Gasteiger partial charge < -0.3 is 9.90 Å². The maximum Gasteiger partial charge on any atom is 0.317 e. The van der Waals surface area contributed by atoms with Crippen molar-refractivity contribution in [3.8, 4) is 0 Å². The molecule has 1 aromatic rings. The highest BCUT2D eigenvalue weighted by Gasteiger charge is 2.36. The van der Waals surface area contributed by atoms with Gasteiger partial charge in [0.1, 0.15) is 11.7 Å². The van der Waals surface area contributed by atoms with Crippen molar-refractivity contribution in [2.24, 2.45) is 5.41 Å². The van der Waals surface area contributed by atoms with Crippen molar-refractivity contribution in [2.45, 2.75) is 26.7 Å². The zero-order chi connectivity index (χ0) is 12.2. The van der Waals surface area contributed by atoms with E-state index in [2.05, 4.69) is 4.98 Å². The minimum absolute atomic E-state index is 0.190. The van der Waals surface area contributed by atoms with E-state index >= 15 is 0 Å². The minimum atomic E-state index is -1.32. The number of carboxylic acid groups (broad SMARTS) is 1. The number of aliphatic carboxylic acids is 1. The smallest absolute Gasteiger partial charge is 0.317 e. The van der Waals surface area contributed by atoms with Crippen molar-refractivity contribution < 1.29 is 14.7 Å². The van der Waals surface area contributed by atoms with Gasteiger partial charge in [-0.1, -0.05) is 13.0 Å². The van der Waals surface area contributed by atoms with Gasteiger partial charge in [0.2, 0.25) is 0 Å². The van der Waals surface area contributed by atoms with Crippen LogP contribution in [0.25, 0.3) is 0 Å². The fourth-order valence-electron chi connectivity index (χ4n) is 1.49. The van der Waals surface area contributed by atoms with E-state index in [0.29, 0.717) is 6.29 Å². The molecule has 86 valence electrons. The molecule has 0 bridgehead atoms. The van der Waals surface area contributed by atoms with Crippen molar-refractivity contribution in [1.82, 2.24) is 4.98 Å². The molecule has 1 N–H and O–H groups in total. The Morgan fingerprint density at radius 2 is 2.25 bits per heavy atom. The molecule has 0 fully saturated rings. The second-order valence-electron chi connectivity index (χ2n) is 3.92. The van der Waals surface area contributed by atoms with Crippen LogP contribution in [0, 0.1) is 12.3 Å². The van der Waals surface area contributed by atoms with Crippen LogP contribution in [0.3, 0.4) is 0 Å². The summed E-state index contributed by atoms with van der Waals surface area (Å²) in [6.45, 7) is 3.55. The molecule has 0 saturated heterocycles. The molecule has 0 aliphatic heterocycles. The molecule has 0 radical (unpaired) electrons. The number of carbonyl (C=O) groups excluding carboxylic acids is 1. The molecule has 0 aromatic carbocycles. The van der Waals surface area contributed by atoms with Gasteiger partial charge in [0, 0.05) is 11.9 Å². The number of carboxylic acids is 1. The summed E-state index contributed by atoms with van der Waals surface area (Å²) < 4.78 is 0. The van der Waals surface area contributed by atoms with Crippen LogP contribution in [0.5, 0.6) is 0 Å². The van der Waals surface area contributed by atoms with Crippen LogP contribution in [-0.4, -0.2) is 22.3 Å². The molecule has 1 aromatic heterocycles. The van der Waals surface area contributed by atoms with E-state index in [9.17, 15) is 9.59 Å². The maximum atomic E-state index is 11.1. The molecule has 1 heterocycles. The predicted octanol–water partition coefficient (Wildman–Crippen LogP) is 1.61. The van der Waals surface area contributed by atoms with Crippen LogP contribution in [0.2, 0.25) is 0 Å². The average Bonchev–Trinajstić information content (AvgIpc) is 2.28. The summed E-state index contributed by atoms with van der Waals surface area (Å²) in [6, 6.07) is 3.61. The highest BCUT2D eigenvalue weighted by Crippen LogP contribution is 2.25. The van der Waals surface area contributed by atoms with E-state index in [-0.39, 0.29) is 12.8 Å². The van der Waals surface area contributed by atoms with E-state index in [4.69, 9.17) is 5.11 Å². The third-order valence-electron chi connectivity index (χ3n) is 2.77. The lowest BCUT2D eigenvalue weighted by Gasteiger charge is -2.21. The van der Waals surface area contributed by atoms with Crippen LogP contribution in [-0.2, 0) is 16.0 Å². The molecule has 4 nitrogen and oxygen atoms in total. The molecule has 4 heteroatoms. The molecule has 0 aliphatic rings. The number of aromatic nitrogens is 1. The third-order valence-corrected chi connectivity index (χ3v) is 2.77. The van der Waals surface area contributed by atoms with Crippen molar-refractivity contribution in [2.75, 3.05) is 0 Å². The first-order valence-corrected chi connectivity index (χ1v) is 5.15. The van der Waals surface area contributed by atoms with Gasteiger partial charge in [-0.3, -0.25) is 9.78 Å². The van der Waals surface area contributed by atoms with Crippen molar-refractivity contribution in [1.29, 1.82) is 0 Å². The quantitative estimate of drug-likeness (QED) is 0.606. The van der Waals surface area contributed by atoms with E-state index in [1.165, 1.54) is 0 Å². The van der Waals surface area contributed by atoms with Crippen molar-refractivity contribution in [3.05, 3.63) is 29.6 Å². The Bertz CT molecular complexity index is 386. The van der Waals surface area contributed by atoms with E-state index in [1.54, 1.807) is 19.2 Å². The summed E-state index contributed by atoms with van der Waals surface area (Å²) in [5, 5.41) is 9.09. The number of hydrogen-bond acceptors (Lipinski definition) is 3. The summed E-state index contributed by atoms with van der Waals surface area (Å²) in [4.78, 5) is 26.2. The molecule has 0 spiro atoms. The van der Waals surface area contributed by atoms with Gasteiger partial charge in [-0.2, -0.15) is 0 Å². The number of rotatable bonds is 5. The lowest BCUT2D eigenvalue weighted by Crippen LogP contribution is -2.34. The molecule has 1 unspecified atom stereocenters. The summed E-state index contributed by atoms with van der Waals surface area (Å²) in [5.41, 5.74) is 0.311. The molecule has 1 rings (SSSR count). The Kier molecular flexibility index (Phi) is 3.77. The summed E-state index contributed by atoms with van der Waals surface area (Å²) in [6.07, 6.45) is 2.61. The normalized spacial score (nSPS) is 14.1. The number of nitrogens with zero attached hydrogens (tertiary/aromatic N) is 1. The standard InChI is InChI=1S/C12H15NO3/c1-3-12(8-14,11(15)16)6-10-5-4-9(2)13-7-10/h4-5,7-8H,3,6H2,1-2H3,(H,15,16). The van der Waals surface area contributed by atoms with E-state index in [1.807, 2.05) is 13.0 Å².